The van der Waals surface area contributed by atoms with Crippen LogP contribution in [0.3, 0.4) is 0 Å². The van der Waals surface area contributed by atoms with E-state index in [0.29, 0.717) is 60.7 Å². The molecule has 10 nitrogen and oxygen atoms in total. The first-order chi connectivity index (χ1) is 22.7. The SMILES string of the molecule is O=C(c1cc2ccccc2[nH]1)N1CCOC2(CCN(Cc3cc(F)cc(CCNC[C@H](O)c4ccc(O)c5[nH]c(=O)sc45)c3)CC2)C1. The lowest BCUT2D eigenvalue weighted by Crippen LogP contribution is -2.58. The zero-order chi connectivity index (χ0) is 32.5. The van der Waals surface area contributed by atoms with Gasteiger partial charge < -0.3 is 35.1 Å². The Morgan fingerprint density at radius 2 is 1.87 bits per heavy atom. The van der Waals surface area contributed by atoms with Crippen molar-refractivity contribution in [3.05, 3.63) is 98.5 Å². The van der Waals surface area contributed by atoms with E-state index in [1.165, 1.54) is 6.07 Å². The molecular weight excluding hydrogens is 621 g/mol. The van der Waals surface area contributed by atoms with E-state index in [1.807, 2.05) is 41.3 Å². The van der Waals surface area contributed by atoms with Crippen LogP contribution in [0.25, 0.3) is 21.1 Å². The normalized spacial score (nSPS) is 17.5. The number of thiazole rings is 1. The minimum atomic E-state index is -0.873. The molecule has 0 radical (unpaired) electrons. The van der Waals surface area contributed by atoms with Gasteiger partial charge in [0, 0.05) is 49.2 Å². The highest BCUT2D eigenvalue weighted by molar-refractivity contribution is 7.16. The number of aliphatic hydroxyl groups excluding tert-OH is 1. The van der Waals surface area contributed by atoms with Gasteiger partial charge in [-0.3, -0.25) is 14.5 Å². The molecular formula is C35H38FN5O5S. The highest BCUT2D eigenvalue weighted by Gasteiger charge is 2.41. The first-order valence-corrected chi connectivity index (χ1v) is 16.8. The molecule has 0 bridgehead atoms. The summed E-state index contributed by atoms with van der Waals surface area (Å²) >= 11 is 0.953. The lowest BCUT2D eigenvalue weighted by molar-refractivity contribution is -0.128. The molecule has 1 atom stereocenters. The van der Waals surface area contributed by atoms with Crippen LogP contribution in [-0.2, 0) is 17.7 Å². The number of likely N-dealkylation sites (tertiary alicyclic amines) is 1. The number of carbonyl (C=O) groups excluding carboxylic acids is 1. The number of ether oxygens (including phenoxy) is 1. The molecule has 1 spiro atoms. The van der Waals surface area contributed by atoms with Crippen molar-refractivity contribution in [2.24, 2.45) is 0 Å². The van der Waals surface area contributed by atoms with Gasteiger partial charge in [0.1, 0.15) is 22.8 Å². The number of aromatic nitrogens is 2. The monoisotopic (exact) mass is 659 g/mol. The summed E-state index contributed by atoms with van der Waals surface area (Å²) in [5.41, 5.74) is 3.86. The number of para-hydroxylation sites is 1. The van der Waals surface area contributed by atoms with Crippen LogP contribution in [0.2, 0.25) is 0 Å². The average molecular weight is 660 g/mol. The number of fused-ring (bicyclic) bond motifs is 2. The van der Waals surface area contributed by atoms with Crippen molar-refractivity contribution in [1.82, 2.24) is 25.1 Å². The van der Waals surface area contributed by atoms with Crippen LogP contribution in [0.4, 0.5) is 4.39 Å². The lowest BCUT2D eigenvalue weighted by Gasteiger charge is -2.47. The van der Waals surface area contributed by atoms with Crippen molar-refractivity contribution < 1.29 is 24.1 Å². The van der Waals surface area contributed by atoms with Crippen LogP contribution in [-0.4, -0.2) is 87.4 Å². The Balaban J connectivity index is 0.905. The van der Waals surface area contributed by atoms with E-state index < -0.39 is 6.10 Å². The number of hydrogen-bond acceptors (Lipinski definition) is 8. The fourth-order valence-corrected chi connectivity index (χ4v) is 7.81. The molecule has 4 heterocycles. The number of aromatic amines is 2. The Kier molecular flexibility index (Phi) is 8.86. The summed E-state index contributed by atoms with van der Waals surface area (Å²) in [6.07, 6.45) is 1.30. The molecule has 2 aromatic heterocycles. The van der Waals surface area contributed by atoms with E-state index in [-0.39, 0.29) is 34.5 Å². The van der Waals surface area contributed by atoms with Crippen molar-refractivity contribution in [2.45, 2.75) is 37.5 Å². The number of nitrogens with one attached hydrogen (secondary N) is 3. The predicted molar refractivity (Wildman–Crippen MR) is 179 cm³/mol. The van der Waals surface area contributed by atoms with Gasteiger partial charge in [0.25, 0.3) is 5.91 Å². The van der Waals surface area contributed by atoms with Crippen LogP contribution in [0.15, 0.2) is 65.5 Å². The van der Waals surface area contributed by atoms with Crippen LogP contribution in [0.1, 0.15) is 46.1 Å². The van der Waals surface area contributed by atoms with Crippen molar-refractivity contribution in [3.8, 4) is 5.75 Å². The van der Waals surface area contributed by atoms with Crippen LogP contribution in [0.5, 0.6) is 5.75 Å². The Bertz CT molecular complexity index is 1930. The molecule has 246 valence electrons. The van der Waals surface area contributed by atoms with E-state index in [2.05, 4.69) is 20.2 Å². The smallest absolute Gasteiger partial charge is 0.305 e. The summed E-state index contributed by atoms with van der Waals surface area (Å²) in [6.45, 7) is 4.62. The van der Waals surface area contributed by atoms with Gasteiger partial charge in [0.05, 0.1) is 29.6 Å². The van der Waals surface area contributed by atoms with Crippen molar-refractivity contribution in [1.29, 1.82) is 0 Å². The number of carbonyl (C=O) groups is 1. The van der Waals surface area contributed by atoms with Gasteiger partial charge in [-0.25, -0.2) is 4.39 Å². The third-order valence-electron chi connectivity index (χ3n) is 9.36. The maximum Gasteiger partial charge on any atom is 0.305 e. The van der Waals surface area contributed by atoms with E-state index in [1.54, 1.807) is 18.2 Å². The molecule has 7 rings (SSSR count). The van der Waals surface area contributed by atoms with E-state index in [4.69, 9.17) is 4.74 Å². The Hall–Kier alpha value is -4.07. The summed E-state index contributed by atoms with van der Waals surface area (Å²) in [5.74, 6) is -0.308. The molecule has 5 N–H and O–H groups in total. The van der Waals surface area contributed by atoms with Gasteiger partial charge >= 0.3 is 4.87 Å². The van der Waals surface area contributed by atoms with Gasteiger partial charge in [-0.2, -0.15) is 0 Å². The van der Waals surface area contributed by atoms with Gasteiger partial charge in [-0.1, -0.05) is 41.7 Å². The quantitative estimate of drug-likeness (QED) is 0.149. The predicted octanol–water partition coefficient (Wildman–Crippen LogP) is 4.29. The number of aromatic hydroxyl groups is 1. The zero-order valence-electron chi connectivity index (χ0n) is 25.9. The largest absolute Gasteiger partial charge is 0.506 e. The second-order valence-electron chi connectivity index (χ2n) is 12.6. The minimum absolute atomic E-state index is 0.000698. The highest BCUT2D eigenvalue weighted by atomic mass is 32.1. The van der Waals surface area contributed by atoms with Gasteiger partial charge in [-0.15, -0.1) is 0 Å². The van der Waals surface area contributed by atoms with E-state index >= 15 is 0 Å². The summed E-state index contributed by atoms with van der Waals surface area (Å²) in [6, 6.07) is 18.0. The highest BCUT2D eigenvalue weighted by Crippen LogP contribution is 2.33. The summed E-state index contributed by atoms with van der Waals surface area (Å²) in [5, 5.41) is 25.0. The fraction of sp³-hybridized carbons (Fsp3) is 0.371. The van der Waals surface area contributed by atoms with E-state index in [9.17, 15) is 24.2 Å². The Morgan fingerprint density at radius 3 is 2.70 bits per heavy atom. The first kappa shape index (κ1) is 31.5. The van der Waals surface area contributed by atoms with Gasteiger partial charge in [0.15, 0.2) is 0 Å². The second kappa shape index (κ2) is 13.2. The second-order valence-corrected chi connectivity index (χ2v) is 13.6. The molecule has 2 fully saturated rings. The summed E-state index contributed by atoms with van der Waals surface area (Å²) in [7, 11) is 0. The Morgan fingerprint density at radius 1 is 1.06 bits per heavy atom. The number of H-pyrrole nitrogens is 2. The molecule has 3 aromatic carbocycles. The number of morpholine rings is 1. The number of phenolic OH excluding ortho intramolecular Hbond substituents is 1. The Labute approximate surface area is 274 Å². The number of hydrogen-bond donors (Lipinski definition) is 5. The van der Waals surface area contributed by atoms with Crippen LogP contribution in [0, 0.1) is 5.82 Å². The van der Waals surface area contributed by atoms with Crippen molar-refractivity contribution in [2.75, 3.05) is 45.9 Å². The molecule has 2 aliphatic rings. The van der Waals surface area contributed by atoms with Crippen LogP contribution >= 0.6 is 11.3 Å². The van der Waals surface area contributed by atoms with E-state index in [0.717, 1.165) is 59.3 Å². The third-order valence-corrected chi connectivity index (χ3v) is 10.3. The molecule has 47 heavy (non-hydrogen) atoms. The number of piperidine rings is 1. The van der Waals surface area contributed by atoms with Crippen molar-refractivity contribution >= 4 is 38.4 Å². The van der Waals surface area contributed by atoms with Crippen molar-refractivity contribution in [3.63, 3.8) is 0 Å². The molecule has 0 aliphatic carbocycles. The maximum absolute atomic E-state index is 14.6. The fourth-order valence-electron chi connectivity index (χ4n) is 6.89. The van der Waals surface area contributed by atoms with Gasteiger partial charge in [0.2, 0.25) is 0 Å². The minimum Gasteiger partial charge on any atom is -0.506 e. The molecule has 5 aromatic rings. The molecule has 0 saturated carbocycles. The topological polar surface area (TPSA) is 134 Å². The molecule has 2 saturated heterocycles. The maximum atomic E-state index is 14.6. The molecule has 12 heteroatoms. The third kappa shape index (κ3) is 6.83. The first-order valence-electron chi connectivity index (χ1n) is 16.0. The molecule has 0 unspecified atom stereocenters. The number of benzene rings is 3. The number of nitrogens with zero attached hydrogens (tertiary/aromatic N) is 2. The number of phenols is 1. The number of halogens is 1. The summed E-state index contributed by atoms with van der Waals surface area (Å²) in [4.78, 5) is 34.9. The standard InChI is InChI=1S/C35H38FN5O5S/c36-25-16-22(7-10-37-19-30(43)26-5-6-29(42)31-32(26)47-34(45)39-31)15-23(17-25)20-40-11-8-35(9-12-40)21-41(13-14-46-35)33(44)28-18-24-3-1-2-4-27(24)38-28/h1-6,15-18,30,37-38,42-43H,7-14,19-21H2,(H,39,45)/t30-/m0/s1. The van der Waals surface area contributed by atoms with Gasteiger partial charge in [-0.05, 0) is 67.3 Å². The number of amides is 1. The molecule has 1 amide bonds. The lowest BCUT2D eigenvalue weighted by atomic mass is 9.89. The summed E-state index contributed by atoms with van der Waals surface area (Å²) < 4.78 is 21.5. The number of rotatable bonds is 9. The number of aliphatic hydroxyl groups is 1. The van der Waals surface area contributed by atoms with Crippen LogP contribution < -0.4 is 10.2 Å². The average Bonchev–Trinajstić information content (AvgIpc) is 3.68. The zero-order valence-corrected chi connectivity index (χ0v) is 26.7. The molecule has 2 aliphatic heterocycles.